The fraction of sp³-hybridized carbons (Fsp3) is 0.421. The summed E-state index contributed by atoms with van der Waals surface area (Å²) >= 11 is 0. The lowest BCUT2D eigenvalue weighted by molar-refractivity contribution is -0.148. The smallest absolute Gasteiger partial charge is 0.417 e. The molecule has 1 fully saturated rings. The Morgan fingerprint density at radius 3 is 2.38 bits per heavy atom. The van der Waals surface area contributed by atoms with Gasteiger partial charge >= 0.3 is 6.18 Å². The topological polar surface area (TPSA) is 119 Å². The van der Waals surface area contributed by atoms with Crippen LogP contribution in [0.4, 0.5) is 13.2 Å². The summed E-state index contributed by atoms with van der Waals surface area (Å²) in [7, 11) is 0. The number of nitrogens with zero attached hydrogens (tertiary/aromatic N) is 2. The van der Waals surface area contributed by atoms with E-state index in [1.54, 1.807) is 6.92 Å². The molecule has 0 spiro atoms. The average Bonchev–Trinajstić information content (AvgIpc) is 3.13. The number of ether oxygens (including phenoxy) is 1. The summed E-state index contributed by atoms with van der Waals surface area (Å²) < 4.78 is 46.7. The van der Waals surface area contributed by atoms with Crippen LogP contribution in [0, 0.1) is 11.3 Å². The highest BCUT2D eigenvalue weighted by atomic mass is 19.4. The van der Waals surface area contributed by atoms with Gasteiger partial charge in [-0.2, -0.15) is 18.4 Å². The molecule has 0 radical (unpaired) electrons. The van der Waals surface area contributed by atoms with Crippen LogP contribution in [0.15, 0.2) is 18.2 Å². The normalized spacial score (nSPS) is 30.4. The second-order valence-electron chi connectivity index (χ2n) is 7.80. The minimum absolute atomic E-state index is 0.00165. The molecule has 3 heterocycles. The summed E-state index contributed by atoms with van der Waals surface area (Å²) in [5.41, 5.74) is -6.52. The molecular weight excluding hydrogens is 393 g/mol. The number of hydrogen-bond donors (Lipinski definition) is 4. The first-order valence-electron chi connectivity index (χ1n) is 8.66. The van der Waals surface area contributed by atoms with Crippen molar-refractivity contribution in [2.24, 2.45) is 0 Å². The second kappa shape index (κ2) is 5.44. The minimum Gasteiger partial charge on any atom is -0.494 e. The van der Waals surface area contributed by atoms with Gasteiger partial charge in [-0.05, 0) is 32.0 Å². The van der Waals surface area contributed by atoms with Gasteiger partial charge in [0, 0.05) is 6.42 Å². The Morgan fingerprint density at radius 1 is 1.21 bits per heavy atom. The van der Waals surface area contributed by atoms with Gasteiger partial charge in [0.1, 0.15) is 16.8 Å². The van der Waals surface area contributed by atoms with Gasteiger partial charge in [-0.15, -0.1) is 0 Å². The van der Waals surface area contributed by atoms with Crippen molar-refractivity contribution in [3.8, 4) is 23.5 Å². The summed E-state index contributed by atoms with van der Waals surface area (Å²) in [5, 5.41) is 51.1. The number of hydrogen-bond acceptors (Lipinski definition) is 6. The van der Waals surface area contributed by atoms with Crippen molar-refractivity contribution >= 4 is 0 Å². The van der Waals surface area contributed by atoms with Gasteiger partial charge in [-0.3, -0.25) is 4.57 Å². The molecule has 2 aliphatic rings. The standard InChI is InChI=1S/C19H17F3N2O5/c1-16-7-18(28,8-25)17(2,29-16)13-12(16)14(26)24(15(13)27)10-4-3-9(6-23)11(5-10)19(20,21)22/h3-5,25-28H,7-8H2,1-2H3/t16?,17?,18-/m0/s1. The van der Waals surface area contributed by atoms with E-state index < -0.39 is 52.5 Å². The molecule has 4 N–H and O–H groups in total. The lowest BCUT2D eigenvalue weighted by Gasteiger charge is -2.36. The number of fused-ring (bicyclic) bond motifs is 5. The van der Waals surface area contributed by atoms with Crippen molar-refractivity contribution in [2.75, 3.05) is 6.61 Å². The molecular formula is C19H17F3N2O5. The van der Waals surface area contributed by atoms with Gasteiger partial charge in [0.05, 0.1) is 40.6 Å². The largest absolute Gasteiger partial charge is 0.494 e. The Morgan fingerprint density at radius 2 is 1.83 bits per heavy atom. The summed E-state index contributed by atoms with van der Waals surface area (Å²) in [6, 6.07) is 4.23. The maximum absolute atomic E-state index is 13.3. The Labute approximate surface area is 162 Å². The number of nitriles is 1. The van der Waals surface area contributed by atoms with Gasteiger partial charge in [-0.1, -0.05) is 0 Å². The van der Waals surface area contributed by atoms with E-state index in [0.29, 0.717) is 6.07 Å². The molecule has 2 unspecified atom stereocenters. The molecule has 0 aliphatic carbocycles. The van der Waals surface area contributed by atoms with Crippen LogP contribution in [0.1, 0.15) is 42.5 Å². The number of aliphatic hydroxyl groups is 2. The fourth-order valence-corrected chi connectivity index (χ4v) is 4.69. The number of aromatic nitrogens is 1. The SMILES string of the molecule is CC12C[C@](O)(CO)C(C)(O1)c1c2c(O)n(-c2ccc(C#N)c(C(F)(F)F)c2)c1O. The minimum atomic E-state index is -4.82. The molecule has 10 heteroatoms. The molecule has 2 aromatic rings. The van der Waals surface area contributed by atoms with E-state index in [0.717, 1.165) is 16.7 Å². The molecule has 1 aromatic carbocycles. The van der Waals surface area contributed by atoms with Crippen LogP contribution >= 0.6 is 0 Å². The van der Waals surface area contributed by atoms with Crippen LogP contribution in [-0.4, -0.2) is 37.2 Å². The maximum atomic E-state index is 13.3. The third-order valence-electron chi connectivity index (χ3n) is 6.02. The molecule has 1 saturated heterocycles. The van der Waals surface area contributed by atoms with E-state index >= 15 is 0 Å². The molecule has 154 valence electrons. The zero-order valence-corrected chi connectivity index (χ0v) is 15.4. The number of aliphatic hydroxyl groups excluding tert-OH is 1. The zero-order chi connectivity index (χ0) is 21.6. The number of halogens is 3. The van der Waals surface area contributed by atoms with Crippen LogP contribution in [0.2, 0.25) is 0 Å². The molecule has 29 heavy (non-hydrogen) atoms. The molecule has 2 bridgehead atoms. The molecule has 3 atom stereocenters. The third-order valence-corrected chi connectivity index (χ3v) is 6.02. The predicted octanol–water partition coefficient (Wildman–Crippen LogP) is 2.37. The Kier molecular flexibility index (Phi) is 3.67. The van der Waals surface area contributed by atoms with Crippen molar-refractivity contribution in [3.63, 3.8) is 0 Å². The number of benzene rings is 1. The number of aromatic hydroxyl groups is 2. The zero-order valence-electron chi connectivity index (χ0n) is 15.4. The van der Waals surface area contributed by atoms with E-state index in [2.05, 4.69) is 0 Å². The first-order chi connectivity index (χ1) is 13.3. The first kappa shape index (κ1) is 19.6. The van der Waals surface area contributed by atoms with Crippen molar-refractivity contribution in [1.82, 2.24) is 4.57 Å². The van der Waals surface area contributed by atoms with Crippen molar-refractivity contribution in [3.05, 3.63) is 40.5 Å². The first-order valence-corrected chi connectivity index (χ1v) is 8.66. The predicted molar refractivity (Wildman–Crippen MR) is 91.3 cm³/mol. The Hall–Kier alpha value is -2.74. The quantitative estimate of drug-likeness (QED) is 0.604. The molecule has 1 aromatic heterocycles. The van der Waals surface area contributed by atoms with Gasteiger partial charge in [-0.25, -0.2) is 0 Å². The van der Waals surface area contributed by atoms with Crippen molar-refractivity contribution < 1.29 is 38.3 Å². The van der Waals surface area contributed by atoms with Gasteiger partial charge in [0.25, 0.3) is 0 Å². The Bertz CT molecular complexity index is 1090. The molecule has 7 nitrogen and oxygen atoms in total. The van der Waals surface area contributed by atoms with E-state index in [4.69, 9.17) is 10.00 Å². The fourth-order valence-electron chi connectivity index (χ4n) is 4.69. The van der Waals surface area contributed by atoms with Crippen molar-refractivity contribution in [2.45, 2.75) is 43.2 Å². The van der Waals surface area contributed by atoms with Gasteiger partial charge < -0.3 is 25.2 Å². The van der Waals surface area contributed by atoms with E-state index in [9.17, 15) is 33.6 Å². The maximum Gasteiger partial charge on any atom is 0.417 e. The van der Waals surface area contributed by atoms with Crippen LogP contribution < -0.4 is 0 Å². The summed E-state index contributed by atoms with van der Waals surface area (Å²) in [4.78, 5) is 0. The highest BCUT2D eigenvalue weighted by Gasteiger charge is 2.71. The number of rotatable bonds is 2. The lowest BCUT2D eigenvalue weighted by Crippen LogP contribution is -2.50. The highest BCUT2D eigenvalue weighted by molar-refractivity contribution is 5.63. The Balaban J connectivity index is 1.98. The average molecular weight is 410 g/mol. The monoisotopic (exact) mass is 410 g/mol. The summed E-state index contributed by atoms with van der Waals surface area (Å²) in [6.07, 6.45) is -4.91. The van der Waals surface area contributed by atoms with Gasteiger partial charge in [0.2, 0.25) is 11.8 Å². The second-order valence-corrected chi connectivity index (χ2v) is 7.80. The molecule has 2 aliphatic heterocycles. The van der Waals surface area contributed by atoms with Crippen LogP contribution in [-0.2, 0) is 22.1 Å². The van der Waals surface area contributed by atoms with Crippen LogP contribution in [0.5, 0.6) is 11.8 Å². The van der Waals surface area contributed by atoms with Gasteiger partial charge in [0.15, 0.2) is 0 Å². The lowest BCUT2D eigenvalue weighted by atomic mass is 9.70. The molecule has 0 saturated carbocycles. The van der Waals surface area contributed by atoms with Crippen LogP contribution in [0.25, 0.3) is 5.69 Å². The van der Waals surface area contributed by atoms with Crippen molar-refractivity contribution in [1.29, 1.82) is 5.26 Å². The van der Waals surface area contributed by atoms with Crippen LogP contribution in [0.3, 0.4) is 0 Å². The molecule has 4 rings (SSSR count). The summed E-state index contributed by atoms with van der Waals surface area (Å²) in [5.74, 6) is -1.16. The highest BCUT2D eigenvalue weighted by Crippen LogP contribution is 2.67. The van der Waals surface area contributed by atoms with E-state index in [1.165, 1.54) is 13.0 Å². The third kappa shape index (κ3) is 2.23. The number of alkyl halides is 3. The van der Waals surface area contributed by atoms with E-state index in [1.807, 2.05) is 0 Å². The molecule has 0 amide bonds. The summed E-state index contributed by atoms with van der Waals surface area (Å²) in [6.45, 7) is 2.30. The van der Waals surface area contributed by atoms with E-state index in [-0.39, 0.29) is 23.2 Å².